The van der Waals surface area contributed by atoms with Crippen LogP contribution < -0.4 is 0 Å². The Morgan fingerprint density at radius 1 is 1.20 bits per heavy atom. The molecule has 0 saturated carbocycles. The quantitative estimate of drug-likeness (QED) is 0.614. The van der Waals surface area contributed by atoms with Gasteiger partial charge < -0.3 is 10.0 Å². The van der Waals surface area contributed by atoms with Crippen LogP contribution in [0.5, 0.6) is 0 Å². The lowest BCUT2D eigenvalue weighted by Crippen LogP contribution is -2.32. The van der Waals surface area contributed by atoms with Crippen molar-refractivity contribution < 1.29 is 14.7 Å². The fourth-order valence-electron chi connectivity index (χ4n) is 1.93. The predicted octanol–water partition coefficient (Wildman–Crippen LogP) is 3.15. The number of aliphatic carboxylic acids is 1. The van der Waals surface area contributed by atoms with E-state index in [0.717, 1.165) is 24.8 Å². The van der Waals surface area contributed by atoms with Crippen molar-refractivity contribution in [3.05, 3.63) is 41.6 Å². The zero-order valence-electron chi connectivity index (χ0n) is 12.0. The van der Waals surface area contributed by atoms with E-state index in [4.69, 9.17) is 0 Å². The van der Waals surface area contributed by atoms with Gasteiger partial charge in [0.2, 0.25) is 5.91 Å². The van der Waals surface area contributed by atoms with Gasteiger partial charge in [0.1, 0.15) is 5.70 Å². The fraction of sp³-hybridized carbons (Fsp3) is 0.375. The number of rotatable bonds is 7. The summed E-state index contributed by atoms with van der Waals surface area (Å²) in [6, 6.07) is 9.16. The van der Waals surface area contributed by atoms with Gasteiger partial charge in [0.05, 0.1) is 0 Å². The van der Waals surface area contributed by atoms with E-state index in [0.29, 0.717) is 6.54 Å². The second-order valence-electron chi connectivity index (χ2n) is 4.62. The van der Waals surface area contributed by atoms with Gasteiger partial charge in [-0.15, -0.1) is 0 Å². The smallest absolute Gasteiger partial charge is 0.352 e. The van der Waals surface area contributed by atoms with E-state index in [1.54, 1.807) is 0 Å². The van der Waals surface area contributed by atoms with Crippen LogP contribution in [0.15, 0.2) is 36.0 Å². The number of unbranched alkanes of at least 4 members (excludes halogenated alkanes) is 2. The van der Waals surface area contributed by atoms with Crippen LogP contribution in [0.25, 0.3) is 6.08 Å². The van der Waals surface area contributed by atoms with Gasteiger partial charge in [0, 0.05) is 13.5 Å². The van der Waals surface area contributed by atoms with Crippen molar-refractivity contribution in [1.82, 2.24) is 4.90 Å². The van der Waals surface area contributed by atoms with Crippen LogP contribution in [0.2, 0.25) is 0 Å². The molecule has 0 aromatic heterocycles. The molecule has 0 unspecified atom stereocenters. The molecule has 1 rings (SSSR count). The normalized spacial score (nSPS) is 11.2. The number of benzene rings is 1. The first-order chi connectivity index (χ1) is 9.56. The molecule has 4 nitrogen and oxygen atoms in total. The van der Waals surface area contributed by atoms with E-state index >= 15 is 0 Å². The third-order valence-corrected chi connectivity index (χ3v) is 2.98. The van der Waals surface area contributed by atoms with Gasteiger partial charge in [0.15, 0.2) is 0 Å². The van der Waals surface area contributed by atoms with Gasteiger partial charge in [-0.1, -0.05) is 50.1 Å². The summed E-state index contributed by atoms with van der Waals surface area (Å²) in [6.45, 7) is 3.90. The van der Waals surface area contributed by atoms with E-state index < -0.39 is 5.97 Å². The third-order valence-electron chi connectivity index (χ3n) is 2.98. The van der Waals surface area contributed by atoms with E-state index in [-0.39, 0.29) is 11.6 Å². The molecule has 0 atom stereocenters. The summed E-state index contributed by atoms with van der Waals surface area (Å²) in [5.41, 5.74) is 0.798. The Bertz CT molecular complexity index is 480. The summed E-state index contributed by atoms with van der Waals surface area (Å²) in [5.74, 6) is -1.33. The zero-order chi connectivity index (χ0) is 15.0. The van der Waals surface area contributed by atoms with Crippen molar-refractivity contribution in [2.75, 3.05) is 6.54 Å². The summed E-state index contributed by atoms with van der Waals surface area (Å²) in [7, 11) is 0. The number of amides is 1. The van der Waals surface area contributed by atoms with Crippen molar-refractivity contribution in [3.8, 4) is 0 Å². The van der Waals surface area contributed by atoms with Gasteiger partial charge in [0.25, 0.3) is 0 Å². The molecule has 0 aliphatic heterocycles. The maximum absolute atomic E-state index is 11.7. The molecule has 0 heterocycles. The van der Waals surface area contributed by atoms with Crippen molar-refractivity contribution in [2.24, 2.45) is 0 Å². The van der Waals surface area contributed by atoms with Gasteiger partial charge in [-0.25, -0.2) is 4.79 Å². The van der Waals surface area contributed by atoms with Crippen molar-refractivity contribution in [3.63, 3.8) is 0 Å². The molecule has 4 heteroatoms. The average molecular weight is 275 g/mol. The number of hydrogen-bond donors (Lipinski definition) is 1. The Morgan fingerprint density at radius 2 is 1.85 bits per heavy atom. The summed E-state index contributed by atoms with van der Waals surface area (Å²) < 4.78 is 0. The summed E-state index contributed by atoms with van der Waals surface area (Å²) >= 11 is 0. The second kappa shape index (κ2) is 8.15. The molecule has 0 saturated heterocycles. The summed E-state index contributed by atoms with van der Waals surface area (Å²) in [5, 5.41) is 9.35. The lowest BCUT2D eigenvalue weighted by Gasteiger charge is -2.21. The second-order valence-corrected chi connectivity index (χ2v) is 4.62. The van der Waals surface area contributed by atoms with Crippen LogP contribution in [0.4, 0.5) is 0 Å². The van der Waals surface area contributed by atoms with E-state index in [1.807, 2.05) is 30.3 Å². The van der Waals surface area contributed by atoms with Crippen LogP contribution in [0.3, 0.4) is 0 Å². The number of carboxylic acid groups (broad SMARTS) is 1. The van der Waals surface area contributed by atoms with Crippen molar-refractivity contribution in [1.29, 1.82) is 0 Å². The van der Waals surface area contributed by atoms with E-state index in [9.17, 15) is 14.7 Å². The number of carbonyl (C=O) groups excluding carboxylic acids is 1. The Labute approximate surface area is 119 Å². The molecule has 108 valence electrons. The Kier molecular flexibility index (Phi) is 6.50. The largest absolute Gasteiger partial charge is 0.477 e. The predicted molar refractivity (Wildman–Crippen MR) is 79.0 cm³/mol. The maximum atomic E-state index is 11.7. The molecule has 1 N–H and O–H groups in total. The fourth-order valence-corrected chi connectivity index (χ4v) is 1.93. The lowest BCUT2D eigenvalue weighted by molar-refractivity contribution is -0.138. The minimum Gasteiger partial charge on any atom is -0.477 e. The van der Waals surface area contributed by atoms with Crippen molar-refractivity contribution >= 4 is 18.0 Å². The highest BCUT2D eigenvalue weighted by atomic mass is 16.4. The summed E-state index contributed by atoms with van der Waals surface area (Å²) in [6.07, 6.45) is 4.34. The highest BCUT2D eigenvalue weighted by molar-refractivity contribution is 5.96. The first-order valence-electron chi connectivity index (χ1n) is 6.84. The Balaban J connectivity index is 2.99. The topological polar surface area (TPSA) is 57.6 Å². The van der Waals surface area contributed by atoms with Crippen molar-refractivity contribution in [2.45, 2.75) is 33.1 Å². The van der Waals surface area contributed by atoms with Crippen LogP contribution in [0, 0.1) is 0 Å². The molecule has 0 radical (unpaired) electrons. The molecule has 0 aliphatic carbocycles. The minimum absolute atomic E-state index is 0.0276. The van der Waals surface area contributed by atoms with Crippen LogP contribution >= 0.6 is 0 Å². The third kappa shape index (κ3) is 4.88. The van der Waals surface area contributed by atoms with E-state index in [2.05, 4.69) is 6.92 Å². The lowest BCUT2D eigenvalue weighted by atomic mass is 10.1. The monoisotopic (exact) mass is 275 g/mol. The molecule has 0 spiro atoms. The van der Waals surface area contributed by atoms with Gasteiger partial charge in [-0.3, -0.25) is 4.79 Å². The Morgan fingerprint density at radius 3 is 2.35 bits per heavy atom. The van der Waals surface area contributed by atoms with Crippen LogP contribution in [-0.2, 0) is 9.59 Å². The minimum atomic E-state index is -1.08. The molecule has 1 amide bonds. The molecule has 0 fully saturated rings. The summed E-state index contributed by atoms with van der Waals surface area (Å²) in [4.78, 5) is 24.5. The SMILES string of the molecule is CCCCCN(C(C)=O)C(=Cc1ccccc1)C(=O)O. The number of hydrogen-bond acceptors (Lipinski definition) is 2. The van der Waals surface area contributed by atoms with Gasteiger partial charge in [-0.05, 0) is 18.1 Å². The van der Waals surface area contributed by atoms with Crippen LogP contribution in [-0.4, -0.2) is 28.4 Å². The number of carbonyl (C=O) groups is 2. The molecule has 1 aromatic rings. The van der Waals surface area contributed by atoms with Gasteiger partial charge in [-0.2, -0.15) is 0 Å². The molecule has 0 aliphatic rings. The molecule has 20 heavy (non-hydrogen) atoms. The number of carboxylic acids is 1. The average Bonchev–Trinajstić information content (AvgIpc) is 2.42. The highest BCUT2D eigenvalue weighted by Gasteiger charge is 2.19. The maximum Gasteiger partial charge on any atom is 0.352 e. The number of nitrogens with zero attached hydrogens (tertiary/aromatic N) is 1. The first kappa shape index (κ1) is 16.0. The van der Waals surface area contributed by atoms with Gasteiger partial charge >= 0.3 is 5.97 Å². The standard InChI is InChI=1S/C16H21NO3/c1-3-4-8-11-17(13(2)18)15(16(19)20)12-14-9-6-5-7-10-14/h5-7,9-10,12H,3-4,8,11H2,1-2H3,(H,19,20). The molecule has 1 aromatic carbocycles. The Hall–Kier alpha value is -2.10. The first-order valence-corrected chi connectivity index (χ1v) is 6.84. The molecular formula is C16H21NO3. The zero-order valence-corrected chi connectivity index (χ0v) is 12.0. The highest BCUT2D eigenvalue weighted by Crippen LogP contribution is 2.13. The van der Waals surface area contributed by atoms with E-state index in [1.165, 1.54) is 17.9 Å². The molecular weight excluding hydrogens is 254 g/mol. The van der Waals surface area contributed by atoms with Crippen LogP contribution in [0.1, 0.15) is 38.7 Å². The molecule has 0 bridgehead atoms.